The third-order valence-corrected chi connectivity index (χ3v) is 8.58. The number of aromatic nitrogens is 2. The normalized spacial score (nSPS) is 25.3. The van der Waals surface area contributed by atoms with Gasteiger partial charge in [-0.1, -0.05) is 12.1 Å². The molecule has 4 heterocycles. The van der Waals surface area contributed by atoms with Crippen LogP contribution in [0.3, 0.4) is 0 Å². The zero-order chi connectivity index (χ0) is 27.7. The standard InChI is InChI=1S/C28H40N6O5/c1-18(2)33-23-8-3-4-9-24(23)34(27(33)37)26(36)30-20-15-21-10-11-22(16-20)32(21)13-6-14-39-28(38)31-12-5-7-19(17-31)25(29)35/h3-4,8-9,18-22H,5-7,10-17H2,1-2H3,(H2,29,35)(H,30,36)/t19?,20-,21-,22+. The van der Waals surface area contributed by atoms with Gasteiger partial charge in [-0.25, -0.2) is 19.0 Å². The maximum Gasteiger partial charge on any atom is 0.409 e. The van der Waals surface area contributed by atoms with Crippen LogP contribution in [0.25, 0.3) is 11.0 Å². The predicted octanol–water partition coefficient (Wildman–Crippen LogP) is 2.66. The molecule has 3 N–H and O–H groups in total. The molecule has 5 rings (SSSR count). The number of imidazole rings is 1. The first-order chi connectivity index (χ1) is 18.7. The van der Waals surface area contributed by atoms with Crippen molar-refractivity contribution in [3.05, 3.63) is 34.7 Å². The fourth-order valence-corrected chi connectivity index (χ4v) is 6.74. The molecular formula is C28H40N6O5. The number of hydrogen-bond donors (Lipinski definition) is 2. The molecule has 0 saturated carbocycles. The van der Waals surface area contributed by atoms with Crippen LogP contribution in [0.2, 0.25) is 0 Å². The quantitative estimate of drug-likeness (QED) is 0.519. The second-order valence-corrected chi connectivity index (χ2v) is 11.5. The van der Waals surface area contributed by atoms with Crippen LogP contribution >= 0.6 is 0 Å². The largest absolute Gasteiger partial charge is 0.449 e. The highest BCUT2D eigenvalue weighted by molar-refractivity contribution is 5.89. The van der Waals surface area contributed by atoms with Gasteiger partial charge in [0, 0.05) is 43.8 Å². The SMILES string of the molecule is CC(C)n1c(=O)n(C(=O)N[C@@H]2C[C@H]3CC[C@@H](C2)N3CCCOC(=O)N2CCCC(C(N)=O)C2)c2ccccc21. The number of nitrogens with two attached hydrogens (primary N) is 1. The number of amides is 3. The number of benzene rings is 1. The summed E-state index contributed by atoms with van der Waals surface area (Å²) in [6.45, 7) is 5.97. The number of para-hydroxylation sites is 2. The van der Waals surface area contributed by atoms with Crippen molar-refractivity contribution in [2.45, 2.75) is 83.0 Å². The number of rotatable bonds is 7. The van der Waals surface area contributed by atoms with E-state index in [1.807, 2.05) is 38.1 Å². The first-order valence-corrected chi connectivity index (χ1v) is 14.2. The fourth-order valence-electron chi connectivity index (χ4n) is 6.74. The van der Waals surface area contributed by atoms with E-state index < -0.39 is 0 Å². The van der Waals surface area contributed by atoms with Crippen molar-refractivity contribution in [3.63, 3.8) is 0 Å². The molecule has 0 spiro atoms. The van der Waals surface area contributed by atoms with Gasteiger partial charge in [-0.05, 0) is 70.9 Å². The molecule has 3 fully saturated rings. The van der Waals surface area contributed by atoms with Gasteiger partial charge in [0.05, 0.1) is 23.6 Å². The van der Waals surface area contributed by atoms with Gasteiger partial charge >= 0.3 is 17.8 Å². The van der Waals surface area contributed by atoms with Crippen LogP contribution in [-0.4, -0.2) is 81.3 Å². The van der Waals surface area contributed by atoms with E-state index >= 15 is 0 Å². The summed E-state index contributed by atoms with van der Waals surface area (Å²) in [7, 11) is 0. The van der Waals surface area contributed by atoms with Gasteiger partial charge in [0.1, 0.15) is 0 Å². The first-order valence-electron chi connectivity index (χ1n) is 14.2. The number of likely N-dealkylation sites (tertiary alicyclic amines) is 1. The second-order valence-electron chi connectivity index (χ2n) is 11.5. The Labute approximate surface area is 228 Å². The molecule has 0 aliphatic carbocycles. The number of primary amides is 1. The zero-order valence-electron chi connectivity index (χ0n) is 22.9. The van der Waals surface area contributed by atoms with Crippen molar-refractivity contribution >= 4 is 29.1 Å². The van der Waals surface area contributed by atoms with Gasteiger partial charge in [0.2, 0.25) is 5.91 Å². The highest BCUT2D eigenvalue weighted by atomic mass is 16.6. The lowest BCUT2D eigenvalue weighted by Gasteiger charge is -2.39. The molecule has 1 aromatic carbocycles. The van der Waals surface area contributed by atoms with Gasteiger partial charge in [-0.2, -0.15) is 0 Å². The molecule has 3 aliphatic rings. The molecule has 3 aliphatic heterocycles. The van der Waals surface area contributed by atoms with E-state index in [2.05, 4.69) is 10.2 Å². The maximum absolute atomic E-state index is 13.3. The van der Waals surface area contributed by atoms with Crippen molar-refractivity contribution in [2.24, 2.45) is 11.7 Å². The summed E-state index contributed by atoms with van der Waals surface area (Å²) < 4.78 is 8.43. The molecule has 3 amide bonds. The third kappa shape index (κ3) is 5.54. The Balaban J connectivity index is 1.12. The smallest absolute Gasteiger partial charge is 0.409 e. The van der Waals surface area contributed by atoms with Crippen molar-refractivity contribution in [3.8, 4) is 0 Å². The highest BCUT2D eigenvalue weighted by Crippen LogP contribution is 2.36. The number of carbonyl (C=O) groups excluding carboxylic acids is 3. The molecule has 2 aromatic rings. The summed E-state index contributed by atoms with van der Waals surface area (Å²) in [5.41, 5.74) is 6.48. The number of nitrogens with zero attached hydrogens (tertiary/aromatic N) is 4. The summed E-state index contributed by atoms with van der Waals surface area (Å²) >= 11 is 0. The van der Waals surface area contributed by atoms with Gasteiger partial charge in [0.15, 0.2) is 0 Å². The molecule has 4 atom stereocenters. The number of fused-ring (bicyclic) bond motifs is 3. The van der Waals surface area contributed by atoms with Crippen LogP contribution in [0.5, 0.6) is 0 Å². The van der Waals surface area contributed by atoms with Gasteiger partial charge in [-0.15, -0.1) is 0 Å². The molecule has 11 heteroatoms. The van der Waals surface area contributed by atoms with Crippen LogP contribution in [0.4, 0.5) is 9.59 Å². The van der Waals surface area contributed by atoms with Crippen molar-refractivity contribution < 1.29 is 19.1 Å². The Morgan fingerprint density at radius 3 is 2.44 bits per heavy atom. The first kappa shape index (κ1) is 27.2. The molecule has 1 unspecified atom stereocenters. The molecule has 1 aromatic heterocycles. The summed E-state index contributed by atoms with van der Waals surface area (Å²) in [5, 5.41) is 3.15. The van der Waals surface area contributed by atoms with E-state index in [1.165, 1.54) is 4.57 Å². The summed E-state index contributed by atoms with van der Waals surface area (Å²) in [6, 6.07) is 7.72. The lowest BCUT2D eigenvalue weighted by molar-refractivity contribution is -0.123. The van der Waals surface area contributed by atoms with Gasteiger partial charge in [0.25, 0.3) is 0 Å². The lowest BCUT2D eigenvalue weighted by atomic mass is 9.97. The highest BCUT2D eigenvalue weighted by Gasteiger charge is 2.41. The van der Waals surface area contributed by atoms with E-state index in [4.69, 9.17) is 10.5 Å². The van der Waals surface area contributed by atoms with Crippen molar-refractivity contribution in [1.82, 2.24) is 24.3 Å². The minimum atomic E-state index is -0.376. The van der Waals surface area contributed by atoms with E-state index in [0.717, 1.165) is 57.0 Å². The number of ether oxygens (including phenoxy) is 1. The Kier molecular flexibility index (Phi) is 7.97. The van der Waals surface area contributed by atoms with E-state index in [1.54, 1.807) is 9.47 Å². The summed E-state index contributed by atoms with van der Waals surface area (Å²) in [4.78, 5) is 54.4. The fraction of sp³-hybridized carbons (Fsp3) is 0.643. The average molecular weight is 541 g/mol. The molecule has 39 heavy (non-hydrogen) atoms. The molecular weight excluding hydrogens is 500 g/mol. The summed E-state index contributed by atoms with van der Waals surface area (Å²) in [5.74, 6) is -0.659. The molecule has 3 saturated heterocycles. The molecule has 0 radical (unpaired) electrons. The minimum Gasteiger partial charge on any atom is -0.449 e. The van der Waals surface area contributed by atoms with Crippen LogP contribution in [0, 0.1) is 5.92 Å². The number of nitrogens with one attached hydrogen (secondary N) is 1. The number of hydrogen-bond acceptors (Lipinski definition) is 6. The lowest BCUT2D eigenvalue weighted by Crippen LogP contribution is -2.52. The van der Waals surface area contributed by atoms with Crippen LogP contribution in [0.1, 0.15) is 64.8 Å². The van der Waals surface area contributed by atoms with Crippen LogP contribution in [-0.2, 0) is 9.53 Å². The Hall–Kier alpha value is -3.34. The Bertz CT molecular complexity index is 1270. The average Bonchev–Trinajstić information content (AvgIpc) is 3.34. The van der Waals surface area contributed by atoms with E-state index in [0.29, 0.717) is 37.3 Å². The Morgan fingerprint density at radius 1 is 1.08 bits per heavy atom. The van der Waals surface area contributed by atoms with Crippen molar-refractivity contribution in [1.29, 1.82) is 0 Å². The van der Waals surface area contributed by atoms with E-state index in [-0.39, 0.29) is 41.7 Å². The maximum atomic E-state index is 13.3. The van der Waals surface area contributed by atoms with Crippen LogP contribution in [0.15, 0.2) is 29.1 Å². The second kappa shape index (κ2) is 11.4. The van der Waals surface area contributed by atoms with Gasteiger partial charge in [-0.3, -0.25) is 14.3 Å². The number of carbonyl (C=O) groups is 3. The third-order valence-electron chi connectivity index (χ3n) is 8.58. The minimum absolute atomic E-state index is 0.00874. The Morgan fingerprint density at radius 2 is 1.77 bits per heavy atom. The van der Waals surface area contributed by atoms with E-state index in [9.17, 15) is 19.2 Å². The number of piperidine rings is 2. The molecule has 11 nitrogen and oxygen atoms in total. The monoisotopic (exact) mass is 540 g/mol. The van der Waals surface area contributed by atoms with Gasteiger partial charge < -0.3 is 20.7 Å². The van der Waals surface area contributed by atoms with Crippen LogP contribution < -0.4 is 16.7 Å². The molecule has 2 bridgehead atoms. The van der Waals surface area contributed by atoms with Crippen molar-refractivity contribution in [2.75, 3.05) is 26.2 Å². The zero-order valence-corrected chi connectivity index (χ0v) is 22.9. The molecule has 212 valence electrons. The topological polar surface area (TPSA) is 132 Å². The predicted molar refractivity (Wildman–Crippen MR) is 147 cm³/mol. The summed E-state index contributed by atoms with van der Waals surface area (Å²) in [6.07, 6.45) is 5.65.